The minimum atomic E-state index is -4.84. The van der Waals surface area contributed by atoms with Crippen LogP contribution in [0.5, 0.6) is 0 Å². The molecule has 0 radical (unpaired) electrons. The molecular formula is C16H12F3NO. The minimum Gasteiger partial charge on any atom is -0.362 e. The van der Waals surface area contributed by atoms with Gasteiger partial charge in [-0.1, -0.05) is 42.5 Å². The number of hydrogen-bond acceptors (Lipinski definition) is 2. The van der Waals surface area contributed by atoms with Gasteiger partial charge >= 0.3 is 6.18 Å². The summed E-state index contributed by atoms with van der Waals surface area (Å²) in [5.74, 6) is -1.89. The molecule has 0 amide bonds. The number of ketones is 1. The Bertz CT molecular complexity index is 631. The van der Waals surface area contributed by atoms with E-state index in [0.29, 0.717) is 11.8 Å². The summed E-state index contributed by atoms with van der Waals surface area (Å²) in [7, 11) is 0. The average Bonchev–Trinajstić information content (AvgIpc) is 2.48. The zero-order valence-electron chi connectivity index (χ0n) is 10.9. The van der Waals surface area contributed by atoms with Crippen LogP contribution in [0.2, 0.25) is 0 Å². The summed E-state index contributed by atoms with van der Waals surface area (Å²) in [4.78, 5) is 10.6. The molecule has 1 N–H and O–H groups in total. The fourth-order valence-electron chi connectivity index (χ4n) is 1.70. The molecule has 0 atom stereocenters. The molecule has 2 aromatic rings. The zero-order valence-corrected chi connectivity index (χ0v) is 10.9. The van der Waals surface area contributed by atoms with Crippen molar-refractivity contribution in [2.45, 2.75) is 6.18 Å². The van der Waals surface area contributed by atoms with Gasteiger partial charge in [0, 0.05) is 18.0 Å². The number of benzene rings is 2. The van der Waals surface area contributed by atoms with Crippen LogP contribution in [0.15, 0.2) is 66.9 Å². The Balaban J connectivity index is 2.01. The second-order valence-corrected chi connectivity index (χ2v) is 4.28. The number of rotatable bonds is 4. The van der Waals surface area contributed by atoms with Gasteiger partial charge in [-0.05, 0) is 23.3 Å². The maximum atomic E-state index is 12.0. The van der Waals surface area contributed by atoms with Gasteiger partial charge in [0.1, 0.15) is 0 Å². The molecule has 0 aliphatic rings. The highest BCUT2D eigenvalue weighted by molar-refractivity contribution is 5.94. The maximum absolute atomic E-state index is 12.0. The van der Waals surface area contributed by atoms with Crippen LogP contribution >= 0.6 is 0 Å². The van der Waals surface area contributed by atoms with Gasteiger partial charge in [0.15, 0.2) is 0 Å². The van der Waals surface area contributed by atoms with Gasteiger partial charge in [0.25, 0.3) is 5.78 Å². The predicted octanol–water partition coefficient (Wildman–Crippen LogP) is 4.41. The lowest BCUT2D eigenvalue weighted by molar-refractivity contribution is -0.165. The Kier molecular flexibility index (Phi) is 4.42. The van der Waals surface area contributed by atoms with E-state index in [0.717, 1.165) is 17.3 Å². The molecule has 0 aromatic heterocycles. The van der Waals surface area contributed by atoms with Crippen LogP contribution in [0.1, 0.15) is 0 Å². The largest absolute Gasteiger partial charge is 0.454 e. The van der Waals surface area contributed by atoms with E-state index in [1.54, 1.807) is 12.1 Å². The summed E-state index contributed by atoms with van der Waals surface area (Å²) in [6.07, 6.45) is -3.40. The fraction of sp³-hybridized carbons (Fsp3) is 0.0625. The SMILES string of the molecule is O=C(/C=C/Nc1ccc(-c2ccccc2)cc1)C(F)(F)F. The van der Waals surface area contributed by atoms with Crippen molar-refractivity contribution in [3.05, 3.63) is 66.9 Å². The quantitative estimate of drug-likeness (QED) is 0.845. The van der Waals surface area contributed by atoms with E-state index in [4.69, 9.17) is 0 Å². The molecule has 0 bridgehead atoms. The monoisotopic (exact) mass is 291 g/mol. The first-order valence-corrected chi connectivity index (χ1v) is 6.16. The standard InChI is InChI=1S/C16H12F3NO/c17-16(18,19)15(21)10-11-20-14-8-6-13(7-9-14)12-4-2-1-3-5-12/h1-11,20H/b11-10+. The Morgan fingerprint density at radius 2 is 1.48 bits per heavy atom. The zero-order chi connectivity index (χ0) is 15.3. The van der Waals surface area contributed by atoms with E-state index in [9.17, 15) is 18.0 Å². The smallest absolute Gasteiger partial charge is 0.362 e. The Hall–Kier alpha value is -2.56. The van der Waals surface area contributed by atoms with Gasteiger partial charge in [-0.25, -0.2) is 0 Å². The molecule has 0 unspecified atom stereocenters. The van der Waals surface area contributed by atoms with E-state index in [2.05, 4.69) is 5.32 Å². The lowest BCUT2D eigenvalue weighted by atomic mass is 10.1. The molecule has 2 rings (SSSR count). The molecule has 0 aliphatic heterocycles. The lowest BCUT2D eigenvalue weighted by Crippen LogP contribution is -2.20. The van der Waals surface area contributed by atoms with Crippen LogP contribution in [0.25, 0.3) is 11.1 Å². The molecule has 2 nitrogen and oxygen atoms in total. The van der Waals surface area contributed by atoms with E-state index < -0.39 is 12.0 Å². The average molecular weight is 291 g/mol. The van der Waals surface area contributed by atoms with Gasteiger partial charge in [0.2, 0.25) is 0 Å². The number of alkyl halides is 3. The van der Waals surface area contributed by atoms with E-state index in [1.165, 1.54) is 0 Å². The van der Waals surface area contributed by atoms with Crippen molar-refractivity contribution in [3.8, 4) is 11.1 Å². The molecule has 0 heterocycles. The van der Waals surface area contributed by atoms with Crippen molar-refractivity contribution in [3.63, 3.8) is 0 Å². The first-order chi connectivity index (χ1) is 9.97. The van der Waals surface area contributed by atoms with Crippen molar-refractivity contribution in [2.75, 3.05) is 5.32 Å². The van der Waals surface area contributed by atoms with Gasteiger partial charge < -0.3 is 5.32 Å². The molecule has 0 spiro atoms. The molecule has 108 valence electrons. The highest BCUT2D eigenvalue weighted by Gasteiger charge is 2.35. The predicted molar refractivity (Wildman–Crippen MR) is 75.7 cm³/mol. The number of carbonyl (C=O) groups is 1. The number of hydrogen-bond donors (Lipinski definition) is 1. The first-order valence-electron chi connectivity index (χ1n) is 6.16. The van der Waals surface area contributed by atoms with Crippen molar-refractivity contribution in [1.29, 1.82) is 0 Å². The molecule has 5 heteroatoms. The molecule has 0 fully saturated rings. The van der Waals surface area contributed by atoms with Gasteiger partial charge in [-0.2, -0.15) is 13.2 Å². The van der Waals surface area contributed by atoms with Crippen LogP contribution in [-0.4, -0.2) is 12.0 Å². The Labute approximate surface area is 119 Å². The third kappa shape index (κ3) is 4.21. The highest BCUT2D eigenvalue weighted by Crippen LogP contribution is 2.21. The fourth-order valence-corrected chi connectivity index (χ4v) is 1.70. The van der Waals surface area contributed by atoms with Gasteiger partial charge in [-0.3, -0.25) is 4.79 Å². The number of nitrogens with one attached hydrogen (secondary N) is 1. The second kappa shape index (κ2) is 6.26. The summed E-state index contributed by atoms with van der Waals surface area (Å²) in [6.45, 7) is 0. The molecule has 21 heavy (non-hydrogen) atoms. The highest BCUT2D eigenvalue weighted by atomic mass is 19.4. The summed E-state index contributed by atoms with van der Waals surface area (Å²) in [5, 5.41) is 2.62. The molecule has 0 saturated carbocycles. The van der Waals surface area contributed by atoms with Crippen LogP contribution in [0.4, 0.5) is 18.9 Å². The summed E-state index contributed by atoms with van der Waals surface area (Å²) in [5.41, 5.74) is 2.64. The number of anilines is 1. The van der Waals surface area contributed by atoms with E-state index in [-0.39, 0.29) is 0 Å². The summed E-state index contributed by atoms with van der Waals surface area (Å²) in [6, 6.07) is 16.8. The normalized spacial score (nSPS) is 11.6. The number of carbonyl (C=O) groups excluding carboxylic acids is 1. The minimum absolute atomic E-state index is 0.463. The second-order valence-electron chi connectivity index (χ2n) is 4.28. The molecule has 2 aromatic carbocycles. The van der Waals surface area contributed by atoms with Crippen LogP contribution in [0, 0.1) is 0 Å². The van der Waals surface area contributed by atoms with Gasteiger partial charge in [-0.15, -0.1) is 0 Å². The molecule has 0 saturated heterocycles. The number of allylic oxidation sites excluding steroid dienone is 1. The molecular weight excluding hydrogens is 279 g/mol. The number of halogens is 3. The van der Waals surface area contributed by atoms with Crippen molar-refractivity contribution < 1.29 is 18.0 Å². The Morgan fingerprint density at radius 3 is 2.05 bits per heavy atom. The van der Waals surface area contributed by atoms with E-state index in [1.807, 2.05) is 42.5 Å². The third-order valence-corrected chi connectivity index (χ3v) is 2.76. The maximum Gasteiger partial charge on any atom is 0.454 e. The third-order valence-electron chi connectivity index (χ3n) is 2.76. The van der Waals surface area contributed by atoms with Crippen molar-refractivity contribution in [2.24, 2.45) is 0 Å². The van der Waals surface area contributed by atoms with Crippen LogP contribution < -0.4 is 5.32 Å². The van der Waals surface area contributed by atoms with Crippen LogP contribution in [0.3, 0.4) is 0 Å². The first kappa shape index (κ1) is 14.8. The van der Waals surface area contributed by atoms with Crippen molar-refractivity contribution >= 4 is 11.5 Å². The molecule has 0 aliphatic carbocycles. The van der Waals surface area contributed by atoms with Crippen LogP contribution in [-0.2, 0) is 4.79 Å². The Morgan fingerprint density at radius 1 is 0.905 bits per heavy atom. The van der Waals surface area contributed by atoms with Crippen molar-refractivity contribution in [1.82, 2.24) is 0 Å². The van der Waals surface area contributed by atoms with E-state index >= 15 is 0 Å². The van der Waals surface area contributed by atoms with Gasteiger partial charge in [0.05, 0.1) is 0 Å². The summed E-state index contributed by atoms with van der Waals surface area (Å²) < 4.78 is 36.0. The lowest BCUT2D eigenvalue weighted by Gasteiger charge is -2.04. The summed E-state index contributed by atoms with van der Waals surface area (Å²) >= 11 is 0. The topological polar surface area (TPSA) is 29.1 Å².